The Bertz CT molecular complexity index is 555. The molecule has 0 radical (unpaired) electrons. The summed E-state index contributed by atoms with van der Waals surface area (Å²) in [4.78, 5) is 24.2. The number of amides is 2. The maximum absolute atomic E-state index is 12.5. The van der Waals surface area contributed by atoms with Gasteiger partial charge in [0.1, 0.15) is 6.04 Å². The third kappa shape index (κ3) is 2.40. The van der Waals surface area contributed by atoms with Crippen molar-refractivity contribution in [2.75, 3.05) is 6.54 Å². The van der Waals surface area contributed by atoms with Crippen molar-refractivity contribution in [2.45, 2.75) is 37.1 Å². The Hall–Kier alpha value is -1.55. The van der Waals surface area contributed by atoms with Crippen LogP contribution in [0.15, 0.2) is 24.3 Å². The van der Waals surface area contributed by atoms with E-state index >= 15 is 0 Å². The molecule has 1 saturated carbocycles. The molecular formula is C15H17ClN2O2. The molecule has 1 aromatic rings. The lowest BCUT2D eigenvalue weighted by Gasteiger charge is -2.25. The van der Waals surface area contributed by atoms with Gasteiger partial charge in [-0.05, 0) is 43.4 Å². The Morgan fingerprint density at radius 1 is 1.40 bits per heavy atom. The average molecular weight is 293 g/mol. The number of halogens is 1. The highest BCUT2D eigenvalue weighted by atomic mass is 35.5. The van der Waals surface area contributed by atoms with Crippen LogP contribution < -0.4 is 10.6 Å². The highest BCUT2D eigenvalue weighted by Gasteiger charge is 2.52. The molecule has 1 aliphatic carbocycles. The molecule has 1 aliphatic heterocycles. The van der Waals surface area contributed by atoms with Gasteiger partial charge in [-0.2, -0.15) is 0 Å². The molecular weight excluding hydrogens is 276 g/mol. The number of nitrogens with one attached hydrogen (secondary N) is 2. The van der Waals surface area contributed by atoms with Gasteiger partial charge in [0.05, 0.1) is 5.41 Å². The number of rotatable bonds is 3. The van der Waals surface area contributed by atoms with Gasteiger partial charge in [0.2, 0.25) is 11.8 Å². The van der Waals surface area contributed by atoms with E-state index in [4.69, 9.17) is 11.6 Å². The number of hydrogen-bond donors (Lipinski definition) is 2. The van der Waals surface area contributed by atoms with Crippen molar-refractivity contribution in [1.29, 1.82) is 0 Å². The SMILES string of the molecule is O=C1NCCCC1NC(=O)C1(c2cccc(Cl)c2)CC1. The second kappa shape index (κ2) is 5.09. The molecule has 2 N–H and O–H groups in total. The molecule has 20 heavy (non-hydrogen) atoms. The fourth-order valence-corrected chi connectivity index (χ4v) is 2.95. The molecule has 4 nitrogen and oxygen atoms in total. The van der Waals surface area contributed by atoms with Crippen molar-refractivity contribution in [1.82, 2.24) is 10.6 Å². The molecule has 2 fully saturated rings. The topological polar surface area (TPSA) is 58.2 Å². The van der Waals surface area contributed by atoms with Crippen molar-refractivity contribution in [2.24, 2.45) is 0 Å². The predicted octanol–water partition coefficient (Wildman–Crippen LogP) is 1.77. The summed E-state index contributed by atoms with van der Waals surface area (Å²) >= 11 is 6.00. The molecule has 1 heterocycles. The van der Waals surface area contributed by atoms with Crippen LogP contribution in [0.1, 0.15) is 31.2 Å². The third-order valence-corrected chi connectivity index (χ3v) is 4.39. The van der Waals surface area contributed by atoms with Crippen molar-refractivity contribution >= 4 is 23.4 Å². The van der Waals surface area contributed by atoms with Gasteiger partial charge in [0.15, 0.2) is 0 Å². The summed E-state index contributed by atoms with van der Waals surface area (Å²) < 4.78 is 0. The first-order valence-electron chi connectivity index (χ1n) is 6.96. The van der Waals surface area contributed by atoms with Crippen LogP contribution in [0.4, 0.5) is 0 Å². The zero-order chi connectivity index (χ0) is 14.2. The summed E-state index contributed by atoms with van der Waals surface area (Å²) in [7, 11) is 0. The Morgan fingerprint density at radius 2 is 2.20 bits per heavy atom. The van der Waals surface area contributed by atoms with Crippen LogP contribution >= 0.6 is 11.6 Å². The van der Waals surface area contributed by atoms with E-state index in [2.05, 4.69) is 10.6 Å². The fraction of sp³-hybridized carbons (Fsp3) is 0.467. The van der Waals surface area contributed by atoms with Crippen LogP contribution in [0.5, 0.6) is 0 Å². The van der Waals surface area contributed by atoms with Crippen LogP contribution in [0.2, 0.25) is 5.02 Å². The summed E-state index contributed by atoms with van der Waals surface area (Å²) in [6, 6.07) is 7.04. The van der Waals surface area contributed by atoms with E-state index in [1.54, 1.807) is 6.07 Å². The Morgan fingerprint density at radius 3 is 2.85 bits per heavy atom. The lowest BCUT2D eigenvalue weighted by Crippen LogP contribution is -2.52. The standard InChI is InChI=1S/C15H17ClN2O2/c16-11-4-1-3-10(9-11)15(6-7-15)14(20)18-12-5-2-8-17-13(12)19/h1,3-4,9,12H,2,5-8H2,(H,17,19)(H,18,20). The van der Waals surface area contributed by atoms with E-state index < -0.39 is 11.5 Å². The van der Waals surface area contributed by atoms with Gasteiger partial charge in [-0.25, -0.2) is 0 Å². The summed E-state index contributed by atoms with van der Waals surface area (Å²) in [5, 5.41) is 6.31. The molecule has 1 aromatic carbocycles. The average Bonchev–Trinajstić information content (AvgIpc) is 3.23. The van der Waals surface area contributed by atoms with E-state index in [0.717, 1.165) is 24.8 Å². The van der Waals surface area contributed by atoms with E-state index in [0.29, 0.717) is 18.0 Å². The van der Waals surface area contributed by atoms with Crippen molar-refractivity contribution in [3.05, 3.63) is 34.9 Å². The molecule has 2 amide bonds. The number of carbonyl (C=O) groups is 2. The zero-order valence-electron chi connectivity index (χ0n) is 11.1. The van der Waals surface area contributed by atoms with Gasteiger partial charge in [0.25, 0.3) is 0 Å². The first-order chi connectivity index (χ1) is 9.62. The monoisotopic (exact) mass is 292 g/mol. The summed E-state index contributed by atoms with van der Waals surface area (Å²) in [6.07, 6.45) is 3.24. The molecule has 5 heteroatoms. The number of benzene rings is 1. The van der Waals surface area contributed by atoms with Crippen LogP contribution in [0, 0.1) is 0 Å². The molecule has 0 bridgehead atoms. The van der Waals surface area contributed by atoms with Crippen LogP contribution in [-0.2, 0) is 15.0 Å². The third-order valence-electron chi connectivity index (χ3n) is 4.15. The molecule has 106 valence electrons. The molecule has 2 aliphatic rings. The van der Waals surface area contributed by atoms with Gasteiger partial charge >= 0.3 is 0 Å². The van der Waals surface area contributed by atoms with E-state index in [1.165, 1.54) is 0 Å². The van der Waals surface area contributed by atoms with Crippen molar-refractivity contribution in [3.63, 3.8) is 0 Å². The fourth-order valence-electron chi connectivity index (χ4n) is 2.76. The van der Waals surface area contributed by atoms with E-state index in [9.17, 15) is 9.59 Å². The lowest BCUT2D eigenvalue weighted by molar-refractivity contribution is -0.131. The molecule has 1 unspecified atom stereocenters. The molecule has 1 saturated heterocycles. The van der Waals surface area contributed by atoms with Crippen LogP contribution in [0.3, 0.4) is 0 Å². The largest absolute Gasteiger partial charge is 0.354 e. The molecule has 3 rings (SSSR count). The molecule has 1 atom stereocenters. The zero-order valence-corrected chi connectivity index (χ0v) is 11.9. The van der Waals surface area contributed by atoms with Crippen molar-refractivity contribution < 1.29 is 9.59 Å². The second-order valence-electron chi connectivity index (χ2n) is 5.55. The summed E-state index contributed by atoms with van der Waals surface area (Å²) in [6.45, 7) is 0.699. The lowest BCUT2D eigenvalue weighted by atomic mass is 9.94. The van der Waals surface area contributed by atoms with E-state index in [1.807, 2.05) is 18.2 Å². The van der Waals surface area contributed by atoms with Gasteiger partial charge in [-0.3, -0.25) is 9.59 Å². The predicted molar refractivity (Wildman–Crippen MR) is 76.5 cm³/mol. The van der Waals surface area contributed by atoms with Crippen molar-refractivity contribution in [3.8, 4) is 0 Å². The Balaban J connectivity index is 1.75. The highest BCUT2D eigenvalue weighted by molar-refractivity contribution is 6.30. The van der Waals surface area contributed by atoms with Gasteiger partial charge in [-0.15, -0.1) is 0 Å². The van der Waals surface area contributed by atoms with Crippen LogP contribution in [0.25, 0.3) is 0 Å². The minimum atomic E-state index is -0.484. The second-order valence-corrected chi connectivity index (χ2v) is 5.99. The number of hydrogen-bond acceptors (Lipinski definition) is 2. The number of piperidine rings is 1. The quantitative estimate of drug-likeness (QED) is 0.892. The maximum Gasteiger partial charge on any atom is 0.242 e. The highest BCUT2D eigenvalue weighted by Crippen LogP contribution is 2.49. The summed E-state index contributed by atoms with van der Waals surface area (Å²) in [5.74, 6) is -0.131. The number of carbonyl (C=O) groups excluding carboxylic acids is 2. The molecule has 0 spiro atoms. The van der Waals surface area contributed by atoms with E-state index in [-0.39, 0.29) is 11.8 Å². The Kier molecular flexibility index (Phi) is 3.42. The van der Waals surface area contributed by atoms with Crippen LogP contribution in [-0.4, -0.2) is 24.4 Å². The Labute approximate surface area is 122 Å². The van der Waals surface area contributed by atoms with Gasteiger partial charge < -0.3 is 10.6 Å². The summed E-state index contributed by atoms with van der Waals surface area (Å²) in [5.41, 5.74) is 0.460. The van der Waals surface area contributed by atoms with Gasteiger partial charge in [0, 0.05) is 11.6 Å². The normalized spacial score (nSPS) is 23.9. The minimum Gasteiger partial charge on any atom is -0.354 e. The first kappa shape index (κ1) is 13.4. The smallest absolute Gasteiger partial charge is 0.242 e. The van der Waals surface area contributed by atoms with Gasteiger partial charge in [-0.1, -0.05) is 23.7 Å². The maximum atomic E-state index is 12.5. The first-order valence-corrected chi connectivity index (χ1v) is 7.34. The molecule has 0 aromatic heterocycles. The minimum absolute atomic E-state index is 0.0539.